The lowest BCUT2D eigenvalue weighted by atomic mass is 9.82. The van der Waals surface area contributed by atoms with Crippen LogP contribution in [0.15, 0.2) is 4.52 Å². The molecule has 17 heavy (non-hydrogen) atoms. The van der Waals surface area contributed by atoms with Crippen LogP contribution in [-0.4, -0.2) is 21.6 Å². The van der Waals surface area contributed by atoms with Gasteiger partial charge in [-0.05, 0) is 19.8 Å². The zero-order chi connectivity index (χ0) is 12.3. The molecule has 1 aromatic rings. The molecule has 1 aliphatic carbocycles. The number of aromatic nitrogens is 2. The number of rotatable bonds is 3. The van der Waals surface area contributed by atoms with Gasteiger partial charge < -0.3 is 15.6 Å². The molecule has 1 saturated carbocycles. The van der Waals surface area contributed by atoms with E-state index >= 15 is 0 Å². The largest absolute Gasteiger partial charge is 0.345 e. The van der Waals surface area contributed by atoms with E-state index < -0.39 is 5.54 Å². The fraction of sp³-hybridized carbons (Fsp3) is 0.727. The number of carbonyl (C=O) groups is 1. The highest BCUT2D eigenvalue weighted by Gasteiger charge is 2.35. The van der Waals surface area contributed by atoms with E-state index in [1.807, 2.05) is 0 Å². The number of amides is 1. The molecule has 2 rings (SSSR count). The normalized spacial score (nSPS) is 18.9. The minimum absolute atomic E-state index is 0.118. The number of nitrogens with zero attached hydrogens (tertiary/aromatic N) is 2. The van der Waals surface area contributed by atoms with Gasteiger partial charge >= 0.3 is 0 Å². The van der Waals surface area contributed by atoms with Crippen molar-refractivity contribution in [2.75, 3.05) is 0 Å². The summed E-state index contributed by atoms with van der Waals surface area (Å²) in [5.74, 6) is 0.859. The summed E-state index contributed by atoms with van der Waals surface area (Å²) in [6.07, 6.45) is 4.70. The summed E-state index contributed by atoms with van der Waals surface area (Å²) in [5, 5.41) is 6.42. The first-order valence-electron chi connectivity index (χ1n) is 5.96. The Kier molecular flexibility index (Phi) is 3.42. The Morgan fingerprint density at radius 3 is 2.76 bits per heavy atom. The van der Waals surface area contributed by atoms with E-state index in [-0.39, 0.29) is 12.5 Å². The van der Waals surface area contributed by atoms with Crippen molar-refractivity contribution in [3.05, 3.63) is 11.7 Å². The van der Waals surface area contributed by atoms with Crippen LogP contribution in [0.5, 0.6) is 0 Å². The van der Waals surface area contributed by atoms with Gasteiger partial charge in [0.15, 0.2) is 5.82 Å². The summed E-state index contributed by atoms with van der Waals surface area (Å²) in [6, 6.07) is 0. The van der Waals surface area contributed by atoms with E-state index in [4.69, 9.17) is 10.3 Å². The van der Waals surface area contributed by atoms with E-state index in [1.54, 1.807) is 6.92 Å². The molecule has 1 heterocycles. The molecular weight excluding hydrogens is 220 g/mol. The molecule has 1 aromatic heterocycles. The summed E-state index contributed by atoms with van der Waals surface area (Å²) in [4.78, 5) is 16.0. The van der Waals surface area contributed by atoms with Crippen molar-refractivity contribution < 1.29 is 9.32 Å². The van der Waals surface area contributed by atoms with Gasteiger partial charge in [-0.2, -0.15) is 4.98 Å². The van der Waals surface area contributed by atoms with Crippen molar-refractivity contribution in [3.8, 4) is 0 Å². The summed E-state index contributed by atoms with van der Waals surface area (Å²) in [6.45, 7) is 1.99. The van der Waals surface area contributed by atoms with Crippen LogP contribution in [0.4, 0.5) is 0 Å². The lowest BCUT2D eigenvalue weighted by molar-refractivity contribution is -0.127. The summed E-state index contributed by atoms with van der Waals surface area (Å²) >= 11 is 0. The first-order valence-corrected chi connectivity index (χ1v) is 5.96. The molecule has 0 radical (unpaired) electrons. The van der Waals surface area contributed by atoms with E-state index in [0.717, 1.165) is 32.1 Å². The molecule has 0 bridgehead atoms. The first kappa shape index (κ1) is 12.0. The third-order valence-corrected chi connectivity index (χ3v) is 3.17. The highest BCUT2D eigenvalue weighted by molar-refractivity contribution is 5.86. The summed E-state index contributed by atoms with van der Waals surface area (Å²) in [5.41, 5.74) is 5.38. The van der Waals surface area contributed by atoms with Crippen molar-refractivity contribution in [2.24, 2.45) is 5.73 Å². The summed E-state index contributed by atoms with van der Waals surface area (Å²) < 4.78 is 4.92. The second-order valence-electron chi connectivity index (χ2n) is 4.63. The molecule has 0 aromatic carbocycles. The van der Waals surface area contributed by atoms with Gasteiger partial charge in [0.05, 0.1) is 12.1 Å². The fourth-order valence-electron chi connectivity index (χ4n) is 2.15. The van der Waals surface area contributed by atoms with Crippen molar-refractivity contribution in [2.45, 2.75) is 51.1 Å². The van der Waals surface area contributed by atoms with Crippen LogP contribution in [-0.2, 0) is 11.3 Å². The molecule has 0 saturated heterocycles. The van der Waals surface area contributed by atoms with Crippen LogP contribution >= 0.6 is 0 Å². The molecule has 1 aliphatic rings. The van der Waals surface area contributed by atoms with E-state index in [0.29, 0.717) is 11.7 Å². The molecule has 3 N–H and O–H groups in total. The lowest BCUT2D eigenvalue weighted by Crippen LogP contribution is -2.54. The minimum Gasteiger partial charge on any atom is -0.345 e. The first-order chi connectivity index (χ1) is 8.10. The van der Waals surface area contributed by atoms with Gasteiger partial charge in [-0.3, -0.25) is 4.79 Å². The maximum absolute atomic E-state index is 12.0. The second-order valence-corrected chi connectivity index (χ2v) is 4.63. The fourth-order valence-corrected chi connectivity index (χ4v) is 2.15. The highest BCUT2D eigenvalue weighted by atomic mass is 16.5. The third kappa shape index (κ3) is 2.82. The van der Waals surface area contributed by atoms with Crippen molar-refractivity contribution in [1.82, 2.24) is 15.5 Å². The molecule has 0 spiro atoms. The van der Waals surface area contributed by atoms with E-state index in [2.05, 4.69) is 15.5 Å². The molecule has 94 valence electrons. The molecular formula is C11H18N4O2. The van der Waals surface area contributed by atoms with Crippen LogP contribution in [0.2, 0.25) is 0 Å². The van der Waals surface area contributed by atoms with Crippen LogP contribution in [0.3, 0.4) is 0 Å². The monoisotopic (exact) mass is 238 g/mol. The van der Waals surface area contributed by atoms with Crippen molar-refractivity contribution in [3.63, 3.8) is 0 Å². The van der Waals surface area contributed by atoms with E-state index in [1.165, 1.54) is 0 Å². The Bertz CT molecular complexity index is 396. The Labute approximate surface area is 99.9 Å². The van der Waals surface area contributed by atoms with Gasteiger partial charge in [-0.25, -0.2) is 0 Å². The van der Waals surface area contributed by atoms with Crippen molar-refractivity contribution in [1.29, 1.82) is 0 Å². The van der Waals surface area contributed by atoms with Crippen LogP contribution < -0.4 is 11.1 Å². The molecule has 1 fully saturated rings. The van der Waals surface area contributed by atoms with Gasteiger partial charge in [0.25, 0.3) is 0 Å². The molecule has 0 unspecified atom stereocenters. The second kappa shape index (κ2) is 4.83. The van der Waals surface area contributed by atoms with Gasteiger partial charge in [0.2, 0.25) is 11.8 Å². The number of nitrogens with one attached hydrogen (secondary N) is 1. The van der Waals surface area contributed by atoms with Gasteiger partial charge in [0.1, 0.15) is 0 Å². The Hall–Kier alpha value is -1.43. The zero-order valence-electron chi connectivity index (χ0n) is 10.0. The standard InChI is InChI=1S/C11H18N4O2/c1-8-14-9(17-15-8)7-13-10(16)11(12)5-3-2-4-6-11/h2-7,12H2,1H3,(H,13,16). The molecule has 1 amide bonds. The van der Waals surface area contributed by atoms with Crippen molar-refractivity contribution >= 4 is 5.91 Å². The highest BCUT2D eigenvalue weighted by Crippen LogP contribution is 2.25. The molecule has 6 nitrogen and oxygen atoms in total. The third-order valence-electron chi connectivity index (χ3n) is 3.17. The van der Waals surface area contributed by atoms with Gasteiger partial charge in [-0.1, -0.05) is 24.4 Å². The number of carbonyl (C=O) groups excluding carboxylic acids is 1. The van der Waals surface area contributed by atoms with Gasteiger partial charge in [0, 0.05) is 0 Å². The Morgan fingerprint density at radius 2 is 2.18 bits per heavy atom. The number of aryl methyl sites for hydroxylation is 1. The SMILES string of the molecule is Cc1noc(CNC(=O)C2(N)CCCCC2)n1. The molecule has 0 atom stereocenters. The molecule has 0 aliphatic heterocycles. The maximum atomic E-state index is 12.0. The quantitative estimate of drug-likeness (QED) is 0.806. The number of nitrogens with two attached hydrogens (primary N) is 1. The van der Waals surface area contributed by atoms with E-state index in [9.17, 15) is 4.79 Å². The number of hydrogen-bond donors (Lipinski definition) is 2. The topological polar surface area (TPSA) is 94.0 Å². The Balaban J connectivity index is 1.88. The zero-order valence-corrected chi connectivity index (χ0v) is 10.0. The lowest BCUT2D eigenvalue weighted by Gasteiger charge is -2.31. The average molecular weight is 238 g/mol. The van der Waals surface area contributed by atoms with Crippen LogP contribution in [0, 0.1) is 6.92 Å². The molecule has 6 heteroatoms. The predicted octanol–water partition coefficient (Wildman–Crippen LogP) is 0.656. The number of hydrogen-bond acceptors (Lipinski definition) is 5. The predicted molar refractivity (Wildman–Crippen MR) is 60.9 cm³/mol. The Morgan fingerprint density at radius 1 is 1.47 bits per heavy atom. The van der Waals surface area contributed by atoms with Gasteiger partial charge in [-0.15, -0.1) is 0 Å². The van der Waals surface area contributed by atoms with Crippen LogP contribution in [0.1, 0.15) is 43.8 Å². The maximum Gasteiger partial charge on any atom is 0.246 e. The smallest absolute Gasteiger partial charge is 0.246 e. The summed E-state index contributed by atoms with van der Waals surface area (Å²) in [7, 11) is 0. The minimum atomic E-state index is -0.715. The average Bonchev–Trinajstić information content (AvgIpc) is 2.73. The van der Waals surface area contributed by atoms with Crippen LogP contribution in [0.25, 0.3) is 0 Å².